The van der Waals surface area contributed by atoms with Gasteiger partial charge in [0.2, 0.25) is 5.91 Å². The van der Waals surface area contributed by atoms with Crippen molar-refractivity contribution in [3.05, 3.63) is 41.4 Å². The van der Waals surface area contributed by atoms with Crippen LogP contribution in [0.3, 0.4) is 0 Å². The summed E-state index contributed by atoms with van der Waals surface area (Å²) in [5.74, 6) is -0.225. The lowest BCUT2D eigenvalue weighted by molar-refractivity contribution is -0.135. The number of carbonyl (C=O) groups excluding carboxylic acids is 2. The van der Waals surface area contributed by atoms with Crippen LogP contribution in [0.1, 0.15) is 40.0 Å². The summed E-state index contributed by atoms with van der Waals surface area (Å²) in [7, 11) is -1.77. The Morgan fingerprint density at radius 1 is 1.09 bits per heavy atom. The summed E-state index contributed by atoms with van der Waals surface area (Å²) in [6.07, 6.45) is 1.14. The maximum atomic E-state index is 12.8. The largest absolute Gasteiger partial charge is 0.444 e. The molecule has 2 amide bonds. The summed E-state index contributed by atoms with van der Waals surface area (Å²) in [4.78, 5) is 28.6. The van der Waals surface area contributed by atoms with Gasteiger partial charge in [-0.2, -0.15) is 0 Å². The zero-order valence-electron chi connectivity index (χ0n) is 20.2. The van der Waals surface area contributed by atoms with Crippen LogP contribution >= 0.6 is 11.6 Å². The molecule has 1 aliphatic rings. The minimum absolute atomic E-state index is 0.0104. The summed E-state index contributed by atoms with van der Waals surface area (Å²) in [6, 6.07) is 10.4. The van der Waals surface area contributed by atoms with Crippen LogP contribution < -0.4 is 0 Å². The van der Waals surface area contributed by atoms with Crippen LogP contribution in [0.5, 0.6) is 0 Å². The number of amides is 2. The molecule has 9 heteroatoms. The van der Waals surface area contributed by atoms with E-state index in [1.54, 1.807) is 53.2 Å². The third-order valence-electron chi connectivity index (χ3n) is 5.91. The number of sulfone groups is 1. The molecule has 1 fully saturated rings. The number of rotatable bonds is 6. The van der Waals surface area contributed by atoms with Crippen LogP contribution in [0.15, 0.2) is 41.3 Å². The highest BCUT2D eigenvalue weighted by atomic mass is 35.5. The third-order valence-corrected chi connectivity index (χ3v) is 7.94. The fraction of sp³-hybridized carbons (Fsp3) is 0.520. The molecule has 0 atom stereocenters. The van der Waals surface area contributed by atoms with Crippen LogP contribution in [0, 0.1) is 5.92 Å². The van der Waals surface area contributed by atoms with Gasteiger partial charge in [-0.25, -0.2) is 13.2 Å². The Bertz CT molecular complexity index is 1150. The Kier molecular flexibility index (Phi) is 8.14. The van der Waals surface area contributed by atoms with Gasteiger partial charge in [0.05, 0.1) is 10.6 Å². The first kappa shape index (κ1) is 26.3. The van der Waals surface area contributed by atoms with Crippen molar-refractivity contribution in [1.29, 1.82) is 0 Å². The molecule has 2 aromatic carbocycles. The standard InChI is InChI=1S/C25H33ClN2O5S/c1-25(2,3)33-24(30)28-13-10-18(11-14-28)23(29)27(4)12-5-15-34(31,32)22-9-7-19-16-21(26)8-6-20(19)17-22/h6-9,16-18H,5,10-15H2,1-4H3. The lowest BCUT2D eigenvalue weighted by Gasteiger charge is -2.34. The number of piperidine rings is 1. The first-order valence-corrected chi connectivity index (χ1v) is 13.5. The van der Waals surface area contributed by atoms with Crippen molar-refractivity contribution in [2.45, 2.75) is 50.5 Å². The molecule has 7 nitrogen and oxygen atoms in total. The van der Waals surface area contributed by atoms with Crippen molar-refractivity contribution in [2.24, 2.45) is 5.92 Å². The van der Waals surface area contributed by atoms with E-state index >= 15 is 0 Å². The van der Waals surface area contributed by atoms with Crippen LogP contribution in [0.25, 0.3) is 10.8 Å². The predicted molar refractivity (Wildman–Crippen MR) is 134 cm³/mol. The first-order chi connectivity index (χ1) is 15.9. The molecule has 1 aliphatic heterocycles. The quantitative estimate of drug-likeness (QED) is 0.561. The molecular formula is C25H33ClN2O5S. The number of hydrogen-bond donors (Lipinski definition) is 0. The average molecular weight is 509 g/mol. The van der Waals surface area contributed by atoms with Crippen molar-refractivity contribution in [2.75, 3.05) is 32.4 Å². The second-order valence-corrected chi connectivity index (χ2v) is 12.4. The number of fused-ring (bicyclic) bond motifs is 1. The molecule has 0 spiro atoms. The zero-order chi connectivity index (χ0) is 25.1. The van der Waals surface area contributed by atoms with E-state index in [1.807, 2.05) is 20.8 Å². The molecule has 2 aromatic rings. The van der Waals surface area contributed by atoms with Gasteiger partial charge in [-0.15, -0.1) is 0 Å². The van der Waals surface area contributed by atoms with E-state index in [-0.39, 0.29) is 28.6 Å². The molecule has 186 valence electrons. The third kappa shape index (κ3) is 6.85. The summed E-state index contributed by atoms with van der Waals surface area (Å²) in [6.45, 7) is 6.78. The van der Waals surface area contributed by atoms with E-state index in [1.165, 1.54) is 0 Å². The minimum Gasteiger partial charge on any atom is -0.444 e. The molecule has 34 heavy (non-hydrogen) atoms. The first-order valence-electron chi connectivity index (χ1n) is 11.5. The molecular weight excluding hydrogens is 476 g/mol. The predicted octanol–water partition coefficient (Wildman–Crippen LogP) is 4.76. The maximum Gasteiger partial charge on any atom is 0.410 e. The second kappa shape index (κ2) is 10.5. The molecule has 0 saturated carbocycles. The van der Waals surface area contributed by atoms with Gasteiger partial charge in [-0.1, -0.05) is 23.7 Å². The number of likely N-dealkylation sites (tertiary alicyclic amines) is 1. The van der Waals surface area contributed by atoms with E-state index in [2.05, 4.69) is 0 Å². The Morgan fingerprint density at radius 2 is 1.71 bits per heavy atom. The zero-order valence-corrected chi connectivity index (χ0v) is 21.8. The number of carbonyl (C=O) groups is 2. The molecule has 0 radical (unpaired) electrons. The molecule has 1 heterocycles. The smallest absolute Gasteiger partial charge is 0.410 e. The van der Waals surface area contributed by atoms with Crippen molar-refractivity contribution in [3.63, 3.8) is 0 Å². The van der Waals surface area contributed by atoms with Gasteiger partial charge >= 0.3 is 6.09 Å². The van der Waals surface area contributed by atoms with Crippen molar-refractivity contribution in [1.82, 2.24) is 9.80 Å². The van der Waals surface area contributed by atoms with Crippen LogP contribution in [-0.2, 0) is 19.4 Å². The van der Waals surface area contributed by atoms with Crippen LogP contribution in [0.2, 0.25) is 5.02 Å². The SMILES string of the molecule is CN(CCCS(=O)(=O)c1ccc2cc(Cl)ccc2c1)C(=O)C1CCN(C(=O)OC(C)(C)C)CC1. The summed E-state index contributed by atoms with van der Waals surface area (Å²) >= 11 is 6.00. The highest BCUT2D eigenvalue weighted by Crippen LogP contribution is 2.24. The average Bonchev–Trinajstić information content (AvgIpc) is 2.77. The molecule has 0 aliphatic carbocycles. The monoisotopic (exact) mass is 508 g/mol. The highest BCUT2D eigenvalue weighted by molar-refractivity contribution is 7.91. The number of benzene rings is 2. The summed E-state index contributed by atoms with van der Waals surface area (Å²) in [5.41, 5.74) is -0.551. The molecule has 0 aromatic heterocycles. The van der Waals surface area contributed by atoms with Crippen LogP contribution in [-0.4, -0.2) is 68.3 Å². The molecule has 0 N–H and O–H groups in total. The Balaban J connectivity index is 1.49. The topological polar surface area (TPSA) is 84.0 Å². The van der Waals surface area contributed by atoms with E-state index in [4.69, 9.17) is 16.3 Å². The summed E-state index contributed by atoms with van der Waals surface area (Å²) in [5, 5.41) is 2.30. The lowest BCUT2D eigenvalue weighted by Crippen LogP contribution is -2.45. The van der Waals surface area contributed by atoms with Gasteiger partial charge in [0.1, 0.15) is 5.60 Å². The van der Waals surface area contributed by atoms with Gasteiger partial charge in [0.25, 0.3) is 0 Å². The number of halogens is 1. The summed E-state index contributed by atoms with van der Waals surface area (Å²) < 4.78 is 31.0. The molecule has 0 bridgehead atoms. The van der Waals surface area contributed by atoms with E-state index in [0.717, 1.165) is 10.8 Å². The van der Waals surface area contributed by atoms with Gasteiger partial charge < -0.3 is 14.5 Å². The van der Waals surface area contributed by atoms with E-state index in [9.17, 15) is 18.0 Å². The Hall–Kier alpha value is -2.32. The van der Waals surface area contributed by atoms with E-state index < -0.39 is 15.4 Å². The van der Waals surface area contributed by atoms with Crippen molar-refractivity contribution in [3.8, 4) is 0 Å². The second-order valence-electron chi connectivity index (χ2n) is 9.83. The normalized spacial score (nSPS) is 15.4. The Labute approximate surface area is 206 Å². The number of nitrogens with zero attached hydrogens (tertiary/aromatic N) is 2. The fourth-order valence-corrected chi connectivity index (χ4v) is 5.56. The van der Waals surface area contributed by atoms with Crippen LogP contribution in [0.4, 0.5) is 4.79 Å². The van der Waals surface area contributed by atoms with Gasteiger partial charge in [-0.3, -0.25) is 4.79 Å². The van der Waals surface area contributed by atoms with Gasteiger partial charge in [-0.05, 0) is 75.1 Å². The number of hydrogen-bond acceptors (Lipinski definition) is 5. The Morgan fingerprint density at radius 3 is 2.35 bits per heavy atom. The fourth-order valence-electron chi connectivity index (χ4n) is 4.06. The molecule has 3 rings (SSSR count). The molecule has 0 unspecified atom stereocenters. The maximum absolute atomic E-state index is 12.8. The lowest BCUT2D eigenvalue weighted by atomic mass is 9.95. The van der Waals surface area contributed by atoms with Gasteiger partial charge in [0, 0.05) is 37.6 Å². The van der Waals surface area contributed by atoms with Gasteiger partial charge in [0.15, 0.2) is 9.84 Å². The van der Waals surface area contributed by atoms with E-state index in [0.29, 0.717) is 43.9 Å². The minimum atomic E-state index is -3.47. The van der Waals surface area contributed by atoms with Crippen molar-refractivity contribution >= 4 is 44.2 Å². The molecule has 1 saturated heterocycles. The van der Waals surface area contributed by atoms with Crippen molar-refractivity contribution < 1.29 is 22.7 Å². The highest BCUT2D eigenvalue weighted by Gasteiger charge is 2.31. The number of ether oxygens (including phenoxy) is 1.